The summed E-state index contributed by atoms with van der Waals surface area (Å²) in [6, 6.07) is 6.31. The van der Waals surface area contributed by atoms with Crippen molar-refractivity contribution in [3.8, 4) is 0 Å². The molecule has 6 heteroatoms. The molecule has 0 unspecified atom stereocenters. The number of ether oxygens (including phenoxy) is 1. The summed E-state index contributed by atoms with van der Waals surface area (Å²) < 4.78 is 5.50. The Hall–Kier alpha value is -2.05. The molecule has 0 bridgehead atoms. The van der Waals surface area contributed by atoms with Crippen molar-refractivity contribution < 1.29 is 4.74 Å². The molecule has 0 aliphatic carbocycles. The Morgan fingerprint density at radius 2 is 2.00 bits per heavy atom. The SMILES string of the molecule is Cc1ccc2[nH]c(SCc3ncc(C)c(N4CCOCC4)c3C)nc2c1. The summed E-state index contributed by atoms with van der Waals surface area (Å²) in [5, 5.41) is 0.945. The second-order valence-electron chi connectivity index (χ2n) is 6.81. The normalized spacial score (nSPS) is 15.0. The van der Waals surface area contributed by atoms with Gasteiger partial charge in [0.25, 0.3) is 0 Å². The van der Waals surface area contributed by atoms with Gasteiger partial charge in [-0.2, -0.15) is 0 Å². The van der Waals surface area contributed by atoms with Crippen molar-refractivity contribution in [1.82, 2.24) is 15.0 Å². The molecule has 4 rings (SSSR count). The Morgan fingerprint density at radius 1 is 1.19 bits per heavy atom. The molecule has 0 spiro atoms. The number of thioether (sulfide) groups is 1. The third-order valence-electron chi connectivity index (χ3n) is 4.87. The number of nitrogens with one attached hydrogen (secondary N) is 1. The molecule has 0 atom stereocenters. The fourth-order valence-corrected chi connectivity index (χ4v) is 4.39. The van der Waals surface area contributed by atoms with Crippen LogP contribution in [0, 0.1) is 20.8 Å². The zero-order chi connectivity index (χ0) is 18.1. The zero-order valence-corrected chi connectivity index (χ0v) is 16.3. The molecule has 5 nitrogen and oxygen atoms in total. The first-order chi connectivity index (χ1) is 12.6. The molecule has 3 aromatic rings. The van der Waals surface area contributed by atoms with Gasteiger partial charge in [0.1, 0.15) is 0 Å². The van der Waals surface area contributed by atoms with Crippen LogP contribution in [0.1, 0.15) is 22.4 Å². The molecule has 1 N–H and O–H groups in total. The number of aryl methyl sites for hydroxylation is 2. The number of hydrogen-bond donors (Lipinski definition) is 1. The number of hydrogen-bond acceptors (Lipinski definition) is 5. The van der Waals surface area contributed by atoms with Crippen LogP contribution < -0.4 is 4.90 Å². The maximum Gasteiger partial charge on any atom is 0.166 e. The number of aromatic amines is 1. The van der Waals surface area contributed by atoms with E-state index in [-0.39, 0.29) is 0 Å². The number of rotatable bonds is 4. The molecule has 3 heterocycles. The largest absolute Gasteiger partial charge is 0.378 e. The molecule has 1 aliphatic rings. The summed E-state index contributed by atoms with van der Waals surface area (Å²) in [4.78, 5) is 15.2. The van der Waals surface area contributed by atoms with Gasteiger partial charge in [-0.05, 0) is 49.6 Å². The van der Waals surface area contributed by atoms with Crippen LogP contribution in [-0.2, 0) is 10.5 Å². The van der Waals surface area contributed by atoms with E-state index < -0.39 is 0 Å². The summed E-state index contributed by atoms with van der Waals surface area (Å²) in [7, 11) is 0. The number of morpholine rings is 1. The van der Waals surface area contributed by atoms with E-state index in [1.807, 2.05) is 6.20 Å². The van der Waals surface area contributed by atoms with Crippen molar-refractivity contribution in [3.63, 3.8) is 0 Å². The Bertz CT molecular complexity index is 931. The van der Waals surface area contributed by atoms with E-state index in [4.69, 9.17) is 14.7 Å². The van der Waals surface area contributed by atoms with E-state index >= 15 is 0 Å². The van der Waals surface area contributed by atoms with E-state index in [0.29, 0.717) is 0 Å². The molecule has 26 heavy (non-hydrogen) atoms. The molecule has 136 valence electrons. The maximum atomic E-state index is 5.50. The van der Waals surface area contributed by atoms with Crippen LogP contribution in [0.5, 0.6) is 0 Å². The van der Waals surface area contributed by atoms with E-state index in [9.17, 15) is 0 Å². The van der Waals surface area contributed by atoms with Crippen molar-refractivity contribution in [3.05, 3.63) is 46.8 Å². The van der Waals surface area contributed by atoms with Gasteiger partial charge in [-0.1, -0.05) is 17.8 Å². The highest BCUT2D eigenvalue weighted by atomic mass is 32.2. The van der Waals surface area contributed by atoms with E-state index in [1.165, 1.54) is 22.4 Å². The smallest absolute Gasteiger partial charge is 0.166 e. The lowest BCUT2D eigenvalue weighted by atomic mass is 10.1. The highest BCUT2D eigenvalue weighted by Crippen LogP contribution is 2.30. The number of aromatic nitrogens is 3. The number of pyridine rings is 1. The average molecular weight is 369 g/mol. The molecule has 0 saturated carbocycles. The van der Waals surface area contributed by atoms with Gasteiger partial charge in [-0.3, -0.25) is 4.98 Å². The Balaban J connectivity index is 1.55. The van der Waals surface area contributed by atoms with E-state index in [1.54, 1.807) is 11.8 Å². The van der Waals surface area contributed by atoms with Crippen LogP contribution in [0.4, 0.5) is 5.69 Å². The van der Waals surface area contributed by atoms with E-state index in [2.05, 4.69) is 48.9 Å². The minimum absolute atomic E-state index is 0.795. The predicted molar refractivity (Wildman–Crippen MR) is 107 cm³/mol. The summed E-state index contributed by atoms with van der Waals surface area (Å²) in [5.74, 6) is 0.808. The predicted octanol–water partition coefficient (Wildman–Crippen LogP) is 4.01. The summed E-state index contributed by atoms with van der Waals surface area (Å²) in [6.45, 7) is 9.90. The first-order valence-corrected chi connectivity index (χ1v) is 9.97. The van der Waals surface area contributed by atoms with E-state index in [0.717, 1.165) is 53.9 Å². The highest BCUT2D eigenvalue weighted by molar-refractivity contribution is 7.98. The first-order valence-electron chi connectivity index (χ1n) is 8.99. The zero-order valence-electron chi connectivity index (χ0n) is 15.5. The maximum absolute atomic E-state index is 5.50. The van der Waals surface area contributed by atoms with Crippen molar-refractivity contribution >= 4 is 28.5 Å². The Kier molecular flexibility index (Phi) is 4.87. The molecule has 1 aromatic carbocycles. The molecule has 1 fully saturated rings. The monoisotopic (exact) mass is 368 g/mol. The van der Waals surface area contributed by atoms with Crippen molar-refractivity contribution in [2.75, 3.05) is 31.2 Å². The number of anilines is 1. The number of benzene rings is 1. The van der Waals surface area contributed by atoms with Gasteiger partial charge >= 0.3 is 0 Å². The van der Waals surface area contributed by atoms with Gasteiger partial charge in [0.05, 0.1) is 29.9 Å². The van der Waals surface area contributed by atoms with Gasteiger partial charge < -0.3 is 14.6 Å². The molecule has 0 amide bonds. The van der Waals surface area contributed by atoms with Crippen LogP contribution in [0.15, 0.2) is 29.6 Å². The fourth-order valence-electron chi connectivity index (χ4n) is 3.48. The molecular formula is C20H24N4OS. The van der Waals surface area contributed by atoms with Crippen molar-refractivity contribution in [2.45, 2.75) is 31.7 Å². The molecule has 2 aromatic heterocycles. The molecular weight excluding hydrogens is 344 g/mol. The fraction of sp³-hybridized carbons (Fsp3) is 0.400. The first kappa shape index (κ1) is 17.4. The standard InChI is InChI=1S/C20H24N4OS/c1-13-4-5-16-17(10-13)23-20(22-16)26-12-18-15(3)19(14(2)11-21-18)24-6-8-25-9-7-24/h4-5,10-11H,6-9,12H2,1-3H3,(H,22,23). The molecule has 0 radical (unpaired) electrons. The Morgan fingerprint density at radius 3 is 2.81 bits per heavy atom. The number of nitrogens with zero attached hydrogens (tertiary/aromatic N) is 3. The van der Waals surface area contributed by atoms with Gasteiger partial charge in [0.15, 0.2) is 5.16 Å². The molecule has 1 saturated heterocycles. The number of H-pyrrole nitrogens is 1. The highest BCUT2D eigenvalue weighted by Gasteiger charge is 2.18. The van der Waals surface area contributed by atoms with Gasteiger partial charge in [0, 0.05) is 30.7 Å². The summed E-state index contributed by atoms with van der Waals surface area (Å²) in [6.07, 6.45) is 2.00. The average Bonchev–Trinajstić information content (AvgIpc) is 3.04. The summed E-state index contributed by atoms with van der Waals surface area (Å²) in [5.41, 5.74) is 8.28. The lowest BCUT2D eigenvalue weighted by molar-refractivity contribution is 0.122. The van der Waals surface area contributed by atoms with Gasteiger partial charge in [-0.25, -0.2) is 4.98 Å². The minimum atomic E-state index is 0.795. The molecule has 1 aliphatic heterocycles. The van der Waals surface area contributed by atoms with Crippen LogP contribution in [0.2, 0.25) is 0 Å². The quantitative estimate of drug-likeness (QED) is 0.705. The third-order valence-corrected chi connectivity index (χ3v) is 5.75. The third kappa shape index (κ3) is 3.44. The van der Waals surface area contributed by atoms with Crippen LogP contribution in [-0.4, -0.2) is 41.3 Å². The van der Waals surface area contributed by atoms with Crippen molar-refractivity contribution in [1.29, 1.82) is 0 Å². The topological polar surface area (TPSA) is 54.0 Å². The second kappa shape index (κ2) is 7.29. The van der Waals surface area contributed by atoms with Crippen LogP contribution in [0.3, 0.4) is 0 Å². The number of imidazole rings is 1. The van der Waals surface area contributed by atoms with Gasteiger partial charge in [-0.15, -0.1) is 0 Å². The van der Waals surface area contributed by atoms with Crippen LogP contribution in [0.25, 0.3) is 11.0 Å². The second-order valence-corrected chi connectivity index (χ2v) is 7.78. The minimum Gasteiger partial charge on any atom is -0.378 e. The lowest BCUT2D eigenvalue weighted by Gasteiger charge is -2.32. The summed E-state index contributed by atoms with van der Waals surface area (Å²) >= 11 is 1.71. The van der Waals surface area contributed by atoms with Crippen molar-refractivity contribution in [2.24, 2.45) is 0 Å². The van der Waals surface area contributed by atoms with Crippen LogP contribution >= 0.6 is 11.8 Å². The van der Waals surface area contributed by atoms with Gasteiger partial charge in [0.2, 0.25) is 0 Å². The Labute approximate surface area is 158 Å². The lowest BCUT2D eigenvalue weighted by Crippen LogP contribution is -2.37. The number of fused-ring (bicyclic) bond motifs is 1.